The van der Waals surface area contributed by atoms with Crippen molar-refractivity contribution in [3.8, 4) is 43.4 Å². The minimum Gasteiger partial charge on any atom is -0.236 e. The van der Waals surface area contributed by atoms with Crippen molar-refractivity contribution in [2.45, 2.75) is 0 Å². The second kappa shape index (κ2) is 10.4. The normalized spacial score (nSPS) is 11.9. The zero-order valence-corrected chi connectivity index (χ0v) is 27.5. The Morgan fingerprint density at radius 1 is 0.326 bits per heavy atom. The highest BCUT2D eigenvalue weighted by Gasteiger charge is 2.15. The van der Waals surface area contributed by atoms with Crippen molar-refractivity contribution in [1.82, 2.24) is 9.97 Å². The van der Waals surface area contributed by atoms with Gasteiger partial charge in [0.25, 0.3) is 0 Å². The van der Waals surface area contributed by atoms with Crippen molar-refractivity contribution in [3.63, 3.8) is 0 Å². The molecule has 10 aromatic rings. The van der Waals surface area contributed by atoms with Gasteiger partial charge in [0.1, 0.15) is 10.0 Å². The molecule has 10 rings (SSSR count). The Labute approximate surface area is 280 Å². The second-order valence-electron chi connectivity index (χ2n) is 11.4. The summed E-state index contributed by atoms with van der Waals surface area (Å²) >= 11 is 7.31. The zero-order valence-electron chi connectivity index (χ0n) is 24.2. The molecule has 4 heterocycles. The Morgan fingerprint density at radius 3 is 1.15 bits per heavy atom. The average molecular weight is 659 g/mol. The lowest BCUT2D eigenvalue weighted by Crippen LogP contribution is -1.80. The number of thiazole rings is 2. The molecule has 0 atom stereocenters. The third-order valence-electron chi connectivity index (χ3n) is 8.60. The highest BCUT2D eigenvalue weighted by molar-refractivity contribution is 7.36. The standard InChI is InChI=1S/C40H22N2S4/c1-3-7-33-31(5-1)41-39(45-33)25-13-9-23(10-14-25)27-17-19-29-35(21-27)43-38-30-20-18-28(22-36(30)44-37(29)38)24-11-15-26(16-12-24)40-42-32-6-2-4-8-34(32)46-40/h1-22H. The van der Waals surface area contributed by atoms with Crippen molar-refractivity contribution in [1.29, 1.82) is 0 Å². The lowest BCUT2D eigenvalue weighted by molar-refractivity contribution is 1.48. The van der Waals surface area contributed by atoms with Crippen LogP contribution < -0.4 is 0 Å². The second-order valence-corrected chi connectivity index (χ2v) is 15.6. The number of rotatable bonds is 4. The number of hydrogen-bond donors (Lipinski definition) is 0. The molecule has 0 saturated carbocycles. The fourth-order valence-corrected chi connectivity index (χ4v) is 10.9. The van der Waals surface area contributed by atoms with Crippen LogP contribution in [0.3, 0.4) is 0 Å². The van der Waals surface area contributed by atoms with E-state index in [1.165, 1.54) is 61.2 Å². The minimum absolute atomic E-state index is 1.06. The topological polar surface area (TPSA) is 25.8 Å². The predicted molar refractivity (Wildman–Crippen MR) is 203 cm³/mol. The molecular formula is C40H22N2S4. The molecule has 0 N–H and O–H groups in total. The third-order valence-corrected chi connectivity index (χ3v) is 13.3. The minimum atomic E-state index is 1.06. The Morgan fingerprint density at radius 2 is 0.717 bits per heavy atom. The van der Waals surface area contributed by atoms with E-state index in [1.54, 1.807) is 22.7 Å². The molecule has 0 unspecified atom stereocenters. The van der Waals surface area contributed by atoms with E-state index in [0.717, 1.165) is 32.2 Å². The quantitative estimate of drug-likeness (QED) is 0.188. The molecule has 6 heteroatoms. The molecule has 0 aliphatic heterocycles. The van der Waals surface area contributed by atoms with Gasteiger partial charge in [-0.1, -0.05) is 97.1 Å². The van der Waals surface area contributed by atoms with Gasteiger partial charge in [-0.2, -0.15) is 0 Å². The number of benzene rings is 6. The van der Waals surface area contributed by atoms with Gasteiger partial charge in [-0.3, -0.25) is 0 Å². The van der Waals surface area contributed by atoms with Gasteiger partial charge < -0.3 is 0 Å². The molecule has 0 aliphatic carbocycles. The molecular weight excluding hydrogens is 637 g/mol. The van der Waals surface area contributed by atoms with Crippen LogP contribution in [0.25, 0.3) is 93.4 Å². The molecule has 4 aromatic heterocycles. The summed E-state index contributed by atoms with van der Waals surface area (Å²) in [6, 6.07) is 48.2. The molecule has 0 fully saturated rings. The van der Waals surface area contributed by atoms with Gasteiger partial charge >= 0.3 is 0 Å². The Kier molecular flexibility index (Phi) is 5.99. The predicted octanol–water partition coefficient (Wildman–Crippen LogP) is 13.2. The van der Waals surface area contributed by atoms with Crippen LogP contribution in [0.4, 0.5) is 0 Å². The summed E-state index contributed by atoms with van der Waals surface area (Å²) in [5.41, 5.74) is 9.41. The first-order chi connectivity index (χ1) is 22.7. The number of aromatic nitrogens is 2. The maximum atomic E-state index is 4.83. The molecule has 46 heavy (non-hydrogen) atoms. The molecule has 0 amide bonds. The summed E-state index contributed by atoms with van der Waals surface area (Å²) in [6.45, 7) is 0. The Bertz CT molecular complexity index is 2480. The van der Waals surface area contributed by atoms with Gasteiger partial charge in [0.15, 0.2) is 0 Å². The summed E-state index contributed by atoms with van der Waals surface area (Å²) in [5, 5.41) is 4.83. The Balaban J connectivity index is 0.950. The maximum absolute atomic E-state index is 4.83. The molecule has 0 spiro atoms. The van der Waals surface area contributed by atoms with Gasteiger partial charge in [-0.15, -0.1) is 45.3 Å². The number of hydrogen-bond acceptors (Lipinski definition) is 6. The molecule has 2 nitrogen and oxygen atoms in total. The summed E-state index contributed by atoms with van der Waals surface area (Å²) in [7, 11) is 0. The monoisotopic (exact) mass is 658 g/mol. The first-order valence-corrected chi connectivity index (χ1v) is 18.3. The van der Waals surface area contributed by atoms with Gasteiger partial charge in [0.05, 0.1) is 29.8 Å². The highest BCUT2D eigenvalue weighted by Crippen LogP contribution is 2.46. The summed E-state index contributed by atoms with van der Waals surface area (Å²) in [5.74, 6) is 0. The van der Waals surface area contributed by atoms with E-state index in [2.05, 4.69) is 121 Å². The Hall–Kier alpha value is -4.72. The van der Waals surface area contributed by atoms with Crippen LogP contribution in [0.2, 0.25) is 0 Å². The van der Waals surface area contributed by atoms with Crippen LogP contribution in [0.15, 0.2) is 133 Å². The third kappa shape index (κ3) is 4.33. The highest BCUT2D eigenvalue weighted by atomic mass is 32.1. The first-order valence-electron chi connectivity index (χ1n) is 15.1. The fourth-order valence-electron chi connectivity index (χ4n) is 6.22. The first kappa shape index (κ1) is 26.5. The summed E-state index contributed by atoms with van der Waals surface area (Å²) < 4.78 is 7.90. The number of nitrogens with zero attached hydrogens (tertiary/aromatic N) is 2. The average Bonchev–Trinajstić information content (AvgIpc) is 3.89. The zero-order chi connectivity index (χ0) is 30.2. The van der Waals surface area contributed by atoms with E-state index >= 15 is 0 Å². The van der Waals surface area contributed by atoms with Crippen molar-refractivity contribution < 1.29 is 0 Å². The number of para-hydroxylation sites is 2. The summed E-state index contributed by atoms with van der Waals surface area (Å²) in [4.78, 5) is 9.67. The van der Waals surface area contributed by atoms with Gasteiger partial charge in [-0.25, -0.2) is 9.97 Å². The largest absolute Gasteiger partial charge is 0.236 e. The molecule has 0 radical (unpaired) electrons. The van der Waals surface area contributed by atoms with E-state index in [9.17, 15) is 0 Å². The van der Waals surface area contributed by atoms with Gasteiger partial charge in [0, 0.05) is 31.3 Å². The van der Waals surface area contributed by atoms with Crippen LogP contribution in [-0.2, 0) is 0 Å². The lowest BCUT2D eigenvalue weighted by Gasteiger charge is -2.04. The summed E-state index contributed by atoms with van der Waals surface area (Å²) in [6.07, 6.45) is 0. The van der Waals surface area contributed by atoms with Crippen LogP contribution >= 0.6 is 45.3 Å². The molecule has 216 valence electrons. The van der Waals surface area contributed by atoms with Crippen molar-refractivity contribution >= 4 is 95.4 Å². The van der Waals surface area contributed by atoms with Crippen molar-refractivity contribution in [2.24, 2.45) is 0 Å². The SMILES string of the molecule is c1ccc2sc(-c3ccc(-c4ccc5c(c4)sc4c6ccc(-c7ccc(-c8nc9ccccc9s8)cc7)cc6sc54)cc3)nc2c1. The van der Waals surface area contributed by atoms with Gasteiger partial charge in [-0.05, 0) is 58.7 Å². The molecule has 0 aliphatic rings. The molecule has 0 bridgehead atoms. The van der Waals surface area contributed by atoms with E-state index in [0.29, 0.717) is 0 Å². The number of thiophene rings is 2. The number of fused-ring (bicyclic) bond motifs is 7. The van der Waals surface area contributed by atoms with Crippen LogP contribution in [0.1, 0.15) is 0 Å². The van der Waals surface area contributed by atoms with Crippen LogP contribution in [0, 0.1) is 0 Å². The van der Waals surface area contributed by atoms with Crippen molar-refractivity contribution in [2.75, 3.05) is 0 Å². The molecule has 6 aromatic carbocycles. The molecule has 0 saturated heterocycles. The van der Waals surface area contributed by atoms with E-state index < -0.39 is 0 Å². The van der Waals surface area contributed by atoms with Crippen LogP contribution in [-0.4, -0.2) is 9.97 Å². The lowest BCUT2D eigenvalue weighted by atomic mass is 10.0. The van der Waals surface area contributed by atoms with E-state index in [4.69, 9.17) is 9.97 Å². The van der Waals surface area contributed by atoms with E-state index in [-0.39, 0.29) is 0 Å². The maximum Gasteiger partial charge on any atom is 0.124 e. The van der Waals surface area contributed by atoms with Gasteiger partial charge in [0.2, 0.25) is 0 Å². The van der Waals surface area contributed by atoms with Crippen LogP contribution in [0.5, 0.6) is 0 Å². The smallest absolute Gasteiger partial charge is 0.124 e. The fraction of sp³-hybridized carbons (Fsp3) is 0. The van der Waals surface area contributed by atoms with E-state index in [1.807, 2.05) is 34.8 Å². The van der Waals surface area contributed by atoms with Crippen molar-refractivity contribution in [3.05, 3.63) is 133 Å².